The van der Waals surface area contributed by atoms with Crippen LogP contribution in [0, 0.1) is 0 Å². The van der Waals surface area contributed by atoms with Crippen LogP contribution >= 0.6 is 0 Å². The van der Waals surface area contributed by atoms with Crippen LogP contribution in [0.2, 0.25) is 0 Å². The van der Waals surface area contributed by atoms with Gasteiger partial charge in [0.05, 0.1) is 16.7 Å². The quantitative estimate of drug-likeness (QED) is 0.121. The smallest absolute Gasteiger partial charge is 0.252 e. The van der Waals surface area contributed by atoms with Crippen LogP contribution in [0.15, 0.2) is 212 Å². The van der Waals surface area contributed by atoms with Gasteiger partial charge < -0.3 is 9.13 Å². The molecule has 4 heterocycles. The second kappa shape index (κ2) is 12.2. The van der Waals surface area contributed by atoms with Crippen molar-refractivity contribution in [1.29, 1.82) is 0 Å². The average Bonchev–Trinajstić information content (AvgIpc) is 3.92. The Bertz CT molecular complexity index is 4430. The molecule has 14 aromatic rings. The third kappa shape index (κ3) is 4.13. The molecule has 0 amide bonds. The lowest BCUT2D eigenvalue weighted by Crippen LogP contribution is -2.59. The zero-order valence-electron chi connectivity index (χ0n) is 35.2. The van der Waals surface area contributed by atoms with E-state index in [1.165, 1.54) is 147 Å². The van der Waals surface area contributed by atoms with Crippen molar-refractivity contribution in [2.75, 3.05) is 0 Å². The monoisotopic (exact) mass is 818 g/mol. The third-order valence-electron chi connectivity index (χ3n) is 15.2. The summed E-state index contributed by atoms with van der Waals surface area (Å²) in [6.07, 6.45) is 0. The van der Waals surface area contributed by atoms with Crippen LogP contribution in [0.1, 0.15) is 0 Å². The molecule has 0 bridgehead atoms. The Labute approximate surface area is 373 Å². The van der Waals surface area contributed by atoms with Gasteiger partial charge in [-0.25, -0.2) is 0 Å². The molecule has 296 valence electrons. The molecular weight excluding hydrogens is 784 g/mol. The van der Waals surface area contributed by atoms with E-state index in [4.69, 9.17) is 0 Å². The SMILES string of the molecule is c1ccc(-c2c(-c3ccccc3)n3c4c(cccc24)B2c4c-3cccc4-n3c4ccc5c6ccccc6c6ccccc6c5c4c4c5c6ccccc6c6ccccc6c5cc2c43)cc1. The molecule has 0 atom stereocenters. The summed E-state index contributed by atoms with van der Waals surface area (Å²) < 4.78 is 5.28. The Morgan fingerprint density at radius 1 is 0.292 bits per heavy atom. The van der Waals surface area contributed by atoms with Gasteiger partial charge in [-0.1, -0.05) is 194 Å². The van der Waals surface area contributed by atoms with E-state index < -0.39 is 0 Å². The molecule has 2 aliphatic heterocycles. The minimum Gasteiger partial charge on any atom is -0.310 e. The molecule has 0 spiro atoms. The van der Waals surface area contributed by atoms with E-state index in [1.807, 2.05) is 0 Å². The predicted octanol–water partition coefficient (Wildman–Crippen LogP) is 14.1. The third-order valence-corrected chi connectivity index (χ3v) is 15.2. The molecule has 2 nitrogen and oxygen atoms in total. The van der Waals surface area contributed by atoms with Gasteiger partial charge in [0.1, 0.15) is 0 Å². The van der Waals surface area contributed by atoms with E-state index in [1.54, 1.807) is 0 Å². The summed E-state index contributed by atoms with van der Waals surface area (Å²) in [6, 6.07) is 80.1. The highest BCUT2D eigenvalue weighted by Gasteiger charge is 2.42. The summed E-state index contributed by atoms with van der Waals surface area (Å²) in [4.78, 5) is 0. The van der Waals surface area contributed by atoms with E-state index in [0.29, 0.717) is 0 Å². The zero-order valence-corrected chi connectivity index (χ0v) is 35.2. The maximum Gasteiger partial charge on any atom is 0.252 e. The van der Waals surface area contributed by atoms with Crippen molar-refractivity contribution in [3.05, 3.63) is 212 Å². The second-order valence-corrected chi connectivity index (χ2v) is 18.2. The molecule has 0 radical (unpaired) electrons. The average molecular weight is 819 g/mol. The van der Waals surface area contributed by atoms with Gasteiger partial charge in [0, 0.05) is 49.4 Å². The van der Waals surface area contributed by atoms with Crippen LogP contribution in [0.25, 0.3) is 131 Å². The molecule has 16 rings (SSSR count). The van der Waals surface area contributed by atoms with Gasteiger partial charge in [-0.15, -0.1) is 0 Å². The van der Waals surface area contributed by atoms with E-state index in [-0.39, 0.29) is 6.71 Å². The number of aromatic nitrogens is 2. The van der Waals surface area contributed by atoms with Crippen LogP contribution in [-0.2, 0) is 0 Å². The largest absolute Gasteiger partial charge is 0.310 e. The van der Waals surface area contributed by atoms with Crippen molar-refractivity contribution >= 4 is 120 Å². The predicted molar refractivity (Wildman–Crippen MR) is 278 cm³/mol. The fraction of sp³-hybridized carbons (Fsp3) is 0. The van der Waals surface area contributed by atoms with Crippen molar-refractivity contribution in [3.8, 4) is 33.8 Å². The summed E-state index contributed by atoms with van der Waals surface area (Å²) in [5.41, 5.74) is 15.4. The van der Waals surface area contributed by atoms with Gasteiger partial charge in [-0.2, -0.15) is 0 Å². The Hall–Kier alpha value is -8.40. The topological polar surface area (TPSA) is 9.86 Å². The summed E-state index contributed by atoms with van der Waals surface area (Å²) >= 11 is 0. The van der Waals surface area contributed by atoms with Crippen molar-refractivity contribution in [2.45, 2.75) is 0 Å². The Balaban J connectivity index is 1.18. The number of para-hydroxylation sites is 1. The lowest BCUT2D eigenvalue weighted by molar-refractivity contribution is 1.12. The maximum atomic E-state index is 2.66. The molecule has 0 saturated heterocycles. The molecule has 3 heteroatoms. The van der Waals surface area contributed by atoms with Gasteiger partial charge in [-0.3, -0.25) is 0 Å². The van der Waals surface area contributed by atoms with Gasteiger partial charge in [-0.05, 0) is 99.6 Å². The molecule has 12 aromatic carbocycles. The summed E-state index contributed by atoms with van der Waals surface area (Å²) in [6.45, 7) is -0.00247. The summed E-state index contributed by atoms with van der Waals surface area (Å²) in [7, 11) is 0. The van der Waals surface area contributed by atoms with Gasteiger partial charge >= 0.3 is 0 Å². The van der Waals surface area contributed by atoms with E-state index in [0.717, 1.165) is 0 Å². The molecule has 2 aliphatic rings. The summed E-state index contributed by atoms with van der Waals surface area (Å²) in [5.74, 6) is 0. The van der Waals surface area contributed by atoms with Crippen LogP contribution < -0.4 is 16.4 Å². The highest BCUT2D eigenvalue weighted by Crippen LogP contribution is 2.50. The number of fused-ring (bicyclic) bond motifs is 21. The van der Waals surface area contributed by atoms with E-state index in [2.05, 4.69) is 221 Å². The van der Waals surface area contributed by atoms with Crippen molar-refractivity contribution in [1.82, 2.24) is 9.13 Å². The zero-order chi connectivity index (χ0) is 42.1. The van der Waals surface area contributed by atoms with Crippen LogP contribution in [0.3, 0.4) is 0 Å². The second-order valence-electron chi connectivity index (χ2n) is 18.2. The van der Waals surface area contributed by atoms with Crippen LogP contribution in [-0.4, -0.2) is 15.8 Å². The number of nitrogens with zero attached hydrogens (tertiary/aromatic N) is 2. The minimum atomic E-state index is -0.00247. The van der Waals surface area contributed by atoms with Crippen molar-refractivity contribution in [3.63, 3.8) is 0 Å². The van der Waals surface area contributed by atoms with Gasteiger partial charge in [0.2, 0.25) is 0 Å². The lowest BCUT2D eigenvalue weighted by atomic mass is 9.34. The lowest BCUT2D eigenvalue weighted by Gasteiger charge is -2.34. The normalized spacial score (nSPS) is 12.9. The Morgan fingerprint density at radius 2 is 0.769 bits per heavy atom. The first-order valence-corrected chi connectivity index (χ1v) is 22.8. The fourth-order valence-corrected chi connectivity index (χ4v) is 12.9. The fourth-order valence-electron chi connectivity index (χ4n) is 12.9. The minimum absolute atomic E-state index is 0.00247. The van der Waals surface area contributed by atoms with E-state index in [9.17, 15) is 0 Å². The number of hydrogen-bond acceptors (Lipinski definition) is 0. The Kier molecular flexibility index (Phi) is 6.40. The van der Waals surface area contributed by atoms with Crippen molar-refractivity contribution in [2.24, 2.45) is 0 Å². The van der Waals surface area contributed by atoms with Gasteiger partial charge in [0.25, 0.3) is 6.71 Å². The highest BCUT2D eigenvalue weighted by molar-refractivity contribution is 7.00. The molecule has 65 heavy (non-hydrogen) atoms. The molecule has 0 unspecified atom stereocenters. The first-order chi connectivity index (χ1) is 32.3. The molecule has 2 aromatic heterocycles. The summed E-state index contributed by atoms with van der Waals surface area (Å²) in [5, 5.41) is 19.6. The number of hydrogen-bond donors (Lipinski definition) is 0. The first kappa shape index (κ1) is 34.1. The number of benzene rings is 12. The first-order valence-electron chi connectivity index (χ1n) is 22.8. The molecule has 0 aliphatic carbocycles. The highest BCUT2D eigenvalue weighted by atomic mass is 15.0. The van der Waals surface area contributed by atoms with Crippen LogP contribution in [0.4, 0.5) is 0 Å². The molecule has 0 N–H and O–H groups in total. The number of rotatable bonds is 2. The van der Waals surface area contributed by atoms with Crippen molar-refractivity contribution < 1.29 is 0 Å². The maximum absolute atomic E-state index is 2.66. The molecule has 0 saturated carbocycles. The molecule has 0 fully saturated rings. The van der Waals surface area contributed by atoms with Gasteiger partial charge in [0.15, 0.2) is 0 Å². The Morgan fingerprint density at radius 3 is 1.40 bits per heavy atom. The van der Waals surface area contributed by atoms with E-state index >= 15 is 0 Å². The molecular formula is C62H35BN2. The van der Waals surface area contributed by atoms with Crippen LogP contribution in [0.5, 0.6) is 0 Å². The standard InChI is InChI=1S/C62H35BN2/c1-3-17-36(18-4-1)54-47-29-15-30-49-61(47)65(60(54)37-19-5-2-6-20-37)53-32-16-31-52-59(53)63(49)50-35-48-43-26-10-8-22-39(43)41-24-12-14-28-45(41)56(48)58-57-51(64(52)62(50)58)34-33-46-42-25-9-7-21-38(42)40-23-11-13-27-44(40)55(46)57/h1-35H.